The van der Waals surface area contributed by atoms with Gasteiger partial charge in [-0.3, -0.25) is 9.59 Å². The van der Waals surface area contributed by atoms with Crippen LogP contribution in [0.15, 0.2) is 18.2 Å². The number of halogens is 2. The van der Waals surface area contributed by atoms with Crippen LogP contribution in [0.5, 0.6) is 5.75 Å². The highest BCUT2D eigenvalue weighted by Crippen LogP contribution is 2.25. The van der Waals surface area contributed by atoms with Crippen molar-refractivity contribution in [3.05, 3.63) is 50.8 Å². The van der Waals surface area contributed by atoms with Gasteiger partial charge in [-0.25, -0.2) is 0 Å². The Balaban J connectivity index is 2.21. The van der Waals surface area contributed by atoms with Gasteiger partial charge in [0, 0.05) is 21.3 Å². The molecule has 1 N–H and O–H groups in total. The molecule has 0 amide bonds. The van der Waals surface area contributed by atoms with E-state index in [-0.39, 0.29) is 18.2 Å². The van der Waals surface area contributed by atoms with Gasteiger partial charge in [-0.15, -0.1) is 0 Å². The second kappa shape index (κ2) is 7.20. The quantitative estimate of drug-likeness (QED) is 0.768. The number of Topliss-reactive ketones (excluding diaryl/α,β-unsaturated/α-hetero) is 2. The SMILES string of the molecule is CCc1c(C(=O)COc2cc(Cl)cc(Cl)c2)[nH]c(C)c1C(C)=O. The predicted octanol–water partition coefficient (Wildman–Crippen LogP) is 4.66. The number of aromatic amines is 1. The van der Waals surface area contributed by atoms with Crippen molar-refractivity contribution in [1.82, 2.24) is 4.98 Å². The Labute approximate surface area is 144 Å². The molecule has 0 bridgehead atoms. The molecule has 1 aromatic carbocycles. The number of aryl methyl sites for hydroxylation is 1. The number of hydrogen-bond donors (Lipinski definition) is 1. The minimum Gasteiger partial charge on any atom is -0.485 e. The summed E-state index contributed by atoms with van der Waals surface area (Å²) in [6.45, 7) is 5.02. The van der Waals surface area contributed by atoms with Crippen molar-refractivity contribution in [3.63, 3.8) is 0 Å². The number of H-pyrrole nitrogens is 1. The van der Waals surface area contributed by atoms with Crippen molar-refractivity contribution in [2.75, 3.05) is 6.61 Å². The third-order valence-corrected chi connectivity index (χ3v) is 3.92. The molecule has 0 unspecified atom stereocenters. The van der Waals surface area contributed by atoms with E-state index < -0.39 is 0 Å². The molecule has 0 spiro atoms. The summed E-state index contributed by atoms with van der Waals surface area (Å²) in [7, 11) is 0. The molecule has 1 heterocycles. The summed E-state index contributed by atoms with van der Waals surface area (Å²) in [5.74, 6) is 0.134. The number of rotatable bonds is 6. The van der Waals surface area contributed by atoms with Gasteiger partial charge in [0.2, 0.25) is 5.78 Å². The van der Waals surface area contributed by atoms with Crippen molar-refractivity contribution in [3.8, 4) is 5.75 Å². The number of hydrogen-bond acceptors (Lipinski definition) is 3. The molecule has 2 aromatic rings. The zero-order valence-electron chi connectivity index (χ0n) is 13.1. The molecule has 1 aromatic heterocycles. The van der Waals surface area contributed by atoms with E-state index in [1.807, 2.05) is 6.92 Å². The third kappa shape index (κ3) is 3.95. The monoisotopic (exact) mass is 353 g/mol. The molecule has 0 saturated heterocycles. The fraction of sp³-hybridized carbons (Fsp3) is 0.294. The fourth-order valence-corrected chi connectivity index (χ4v) is 3.08. The Morgan fingerprint density at radius 1 is 1.17 bits per heavy atom. The van der Waals surface area contributed by atoms with Gasteiger partial charge in [-0.2, -0.15) is 0 Å². The number of aromatic nitrogens is 1. The summed E-state index contributed by atoms with van der Waals surface area (Å²) < 4.78 is 5.47. The molecule has 0 fully saturated rings. The lowest BCUT2D eigenvalue weighted by molar-refractivity contribution is 0.0916. The molecular formula is C17H17Cl2NO3. The highest BCUT2D eigenvalue weighted by atomic mass is 35.5. The van der Waals surface area contributed by atoms with Crippen molar-refractivity contribution < 1.29 is 14.3 Å². The van der Waals surface area contributed by atoms with Gasteiger partial charge in [-0.1, -0.05) is 30.1 Å². The van der Waals surface area contributed by atoms with Crippen LogP contribution in [0.25, 0.3) is 0 Å². The van der Waals surface area contributed by atoms with Gasteiger partial charge >= 0.3 is 0 Å². The van der Waals surface area contributed by atoms with Gasteiger partial charge in [0.15, 0.2) is 12.4 Å². The summed E-state index contributed by atoms with van der Waals surface area (Å²) in [4.78, 5) is 27.2. The van der Waals surface area contributed by atoms with Crippen LogP contribution in [0.2, 0.25) is 10.0 Å². The van der Waals surface area contributed by atoms with Crippen LogP contribution in [0.3, 0.4) is 0 Å². The maximum absolute atomic E-state index is 12.4. The molecule has 0 atom stereocenters. The lowest BCUT2D eigenvalue weighted by atomic mass is 10.0. The predicted molar refractivity (Wildman–Crippen MR) is 91.2 cm³/mol. The first-order chi connectivity index (χ1) is 10.8. The van der Waals surface area contributed by atoms with E-state index in [2.05, 4.69) is 4.98 Å². The average Bonchev–Trinajstić information content (AvgIpc) is 2.80. The van der Waals surface area contributed by atoms with E-state index in [1.54, 1.807) is 25.1 Å². The van der Waals surface area contributed by atoms with Crippen molar-refractivity contribution in [2.24, 2.45) is 0 Å². The summed E-state index contributed by atoms with van der Waals surface area (Å²) in [6, 6.07) is 4.76. The highest BCUT2D eigenvalue weighted by Gasteiger charge is 2.21. The van der Waals surface area contributed by atoms with E-state index in [0.29, 0.717) is 39.2 Å². The molecule has 0 saturated carbocycles. The minimum absolute atomic E-state index is 0.0582. The second-order valence-corrected chi connectivity index (χ2v) is 6.08. The largest absolute Gasteiger partial charge is 0.485 e. The minimum atomic E-state index is -0.228. The van der Waals surface area contributed by atoms with Gasteiger partial charge in [0.05, 0.1) is 5.69 Å². The summed E-state index contributed by atoms with van der Waals surface area (Å²) >= 11 is 11.8. The maximum Gasteiger partial charge on any atom is 0.216 e. The number of ether oxygens (including phenoxy) is 1. The van der Waals surface area contributed by atoms with Gasteiger partial charge in [-0.05, 0) is 44.0 Å². The number of nitrogens with one attached hydrogen (secondary N) is 1. The zero-order chi connectivity index (χ0) is 17.1. The molecule has 0 aliphatic carbocycles. The van der Waals surface area contributed by atoms with Gasteiger partial charge in [0.25, 0.3) is 0 Å². The Hall–Kier alpha value is -1.78. The number of carbonyl (C=O) groups excluding carboxylic acids is 2. The molecular weight excluding hydrogens is 337 g/mol. The standard InChI is InChI=1S/C17H17Cl2NO3/c1-4-14-16(10(3)21)9(2)20-17(14)15(22)8-23-13-6-11(18)5-12(19)7-13/h5-7,20H,4,8H2,1-3H3. The van der Waals surface area contributed by atoms with E-state index in [1.165, 1.54) is 6.92 Å². The molecule has 6 heteroatoms. The molecule has 122 valence electrons. The van der Waals surface area contributed by atoms with Crippen LogP contribution >= 0.6 is 23.2 Å². The lowest BCUT2D eigenvalue weighted by Crippen LogP contribution is -2.14. The van der Waals surface area contributed by atoms with Crippen LogP contribution < -0.4 is 4.74 Å². The topological polar surface area (TPSA) is 59.2 Å². The maximum atomic E-state index is 12.4. The van der Waals surface area contributed by atoms with E-state index in [9.17, 15) is 9.59 Å². The van der Waals surface area contributed by atoms with Crippen LogP contribution in [0.4, 0.5) is 0 Å². The number of benzene rings is 1. The lowest BCUT2D eigenvalue weighted by Gasteiger charge is -2.07. The first-order valence-corrected chi connectivity index (χ1v) is 7.93. The van der Waals surface area contributed by atoms with E-state index in [4.69, 9.17) is 27.9 Å². The Morgan fingerprint density at radius 2 is 1.78 bits per heavy atom. The molecule has 23 heavy (non-hydrogen) atoms. The smallest absolute Gasteiger partial charge is 0.216 e. The van der Waals surface area contributed by atoms with Crippen molar-refractivity contribution in [2.45, 2.75) is 27.2 Å². The molecule has 4 nitrogen and oxygen atoms in total. The first-order valence-electron chi connectivity index (χ1n) is 7.18. The summed E-state index contributed by atoms with van der Waals surface area (Å²) in [5.41, 5.74) is 2.43. The van der Waals surface area contributed by atoms with Crippen LogP contribution in [0.1, 0.15) is 46.0 Å². The molecule has 0 radical (unpaired) electrons. The van der Waals surface area contributed by atoms with Crippen LogP contribution in [-0.4, -0.2) is 23.2 Å². The Kier molecular flexibility index (Phi) is 5.50. The van der Waals surface area contributed by atoms with Crippen molar-refractivity contribution >= 4 is 34.8 Å². The average molecular weight is 354 g/mol. The van der Waals surface area contributed by atoms with Crippen molar-refractivity contribution in [1.29, 1.82) is 0 Å². The fourth-order valence-electron chi connectivity index (χ4n) is 2.58. The highest BCUT2D eigenvalue weighted by molar-refractivity contribution is 6.34. The Bertz CT molecular complexity index is 745. The van der Waals surface area contributed by atoms with E-state index in [0.717, 1.165) is 5.56 Å². The van der Waals surface area contributed by atoms with Crippen LogP contribution in [-0.2, 0) is 6.42 Å². The van der Waals surface area contributed by atoms with E-state index >= 15 is 0 Å². The van der Waals surface area contributed by atoms with Gasteiger partial charge < -0.3 is 9.72 Å². The second-order valence-electron chi connectivity index (χ2n) is 5.21. The first kappa shape index (κ1) is 17.6. The van der Waals surface area contributed by atoms with Gasteiger partial charge in [0.1, 0.15) is 5.75 Å². The number of ketones is 2. The normalized spacial score (nSPS) is 10.7. The zero-order valence-corrected chi connectivity index (χ0v) is 14.6. The van der Waals surface area contributed by atoms with Crippen LogP contribution in [0, 0.1) is 6.92 Å². The Morgan fingerprint density at radius 3 is 2.30 bits per heavy atom. The molecule has 0 aliphatic rings. The molecule has 0 aliphatic heterocycles. The third-order valence-electron chi connectivity index (χ3n) is 3.48. The summed E-state index contributed by atoms with van der Waals surface area (Å²) in [6.07, 6.45) is 0.587. The summed E-state index contributed by atoms with van der Waals surface area (Å²) in [5, 5.41) is 0.868. The molecule has 2 rings (SSSR count). The number of carbonyl (C=O) groups is 2.